The topological polar surface area (TPSA) is 74.7 Å². The van der Waals surface area contributed by atoms with Crippen molar-refractivity contribution in [3.63, 3.8) is 0 Å². The van der Waals surface area contributed by atoms with Crippen LogP contribution in [0.15, 0.2) is 24.3 Å². The Kier molecular flexibility index (Phi) is 4.37. The first-order valence-electron chi connectivity index (χ1n) is 6.77. The fourth-order valence-corrected chi connectivity index (χ4v) is 4.13. The molecule has 114 valence electrons. The highest BCUT2D eigenvalue weighted by Crippen LogP contribution is 2.24. The SMILES string of the molecule is Cc1cc(N2CCS(=O)(=O)CC2C)ccc1/C=C/C(=O)O. The molecule has 0 aliphatic carbocycles. The van der Waals surface area contributed by atoms with Crippen molar-refractivity contribution in [1.82, 2.24) is 0 Å². The van der Waals surface area contributed by atoms with E-state index >= 15 is 0 Å². The van der Waals surface area contributed by atoms with Gasteiger partial charge in [-0.1, -0.05) is 6.07 Å². The molecule has 1 N–H and O–H groups in total. The Hall–Kier alpha value is -1.82. The number of aryl methyl sites for hydroxylation is 1. The molecule has 1 unspecified atom stereocenters. The Labute approximate surface area is 124 Å². The maximum Gasteiger partial charge on any atom is 0.328 e. The molecule has 1 fully saturated rings. The Morgan fingerprint density at radius 1 is 1.43 bits per heavy atom. The number of anilines is 1. The molecule has 1 aliphatic heterocycles. The first-order chi connectivity index (χ1) is 9.78. The van der Waals surface area contributed by atoms with Gasteiger partial charge in [-0.25, -0.2) is 13.2 Å². The van der Waals surface area contributed by atoms with Gasteiger partial charge in [0.2, 0.25) is 0 Å². The zero-order chi connectivity index (χ0) is 15.6. The van der Waals surface area contributed by atoms with Gasteiger partial charge in [0.15, 0.2) is 9.84 Å². The molecule has 0 bridgehead atoms. The van der Waals surface area contributed by atoms with Crippen LogP contribution in [0, 0.1) is 6.92 Å². The van der Waals surface area contributed by atoms with E-state index in [4.69, 9.17) is 5.11 Å². The highest BCUT2D eigenvalue weighted by molar-refractivity contribution is 7.91. The summed E-state index contributed by atoms with van der Waals surface area (Å²) in [5.74, 6) is -0.627. The molecule has 1 atom stereocenters. The molecule has 0 amide bonds. The molecule has 6 heteroatoms. The second-order valence-electron chi connectivity index (χ2n) is 5.37. The number of carboxylic acids is 1. The number of hydrogen-bond acceptors (Lipinski definition) is 4. The summed E-state index contributed by atoms with van der Waals surface area (Å²) in [4.78, 5) is 12.6. The van der Waals surface area contributed by atoms with Gasteiger partial charge < -0.3 is 10.0 Å². The van der Waals surface area contributed by atoms with Crippen LogP contribution in [-0.4, -0.2) is 43.6 Å². The molecule has 0 radical (unpaired) electrons. The first kappa shape index (κ1) is 15.6. The molecule has 1 saturated heterocycles. The highest BCUT2D eigenvalue weighted by atomic mass is 32.2. The van der Waals surface area contributed by atoms with Gasteiger partial charge in [-0.2, -0.15) is 0 Å². The summed E-state index contributed by atoms with van der Waals surface area (Å²) in [6.07, 6.45) is 2.67. The first-order valence-corrected chi connectivity index (χ1v) is 8.59. The highest BCUT2D eigenvalue weighted by Gasteiger charge is 2.28. The number of carbonyl (C=O) groups is 1. The van der Waals surface area contributed by atoms with Gasteiger partial charge in [-0.15, -0.1) is 0 Å². The lowest BCUT2D eigenvalue weighted by atomic mass is 10.1. The molecule has 1 aromatic rings. The molecule has 0 aromatic heterocycles. The quantitative estimate of drug-likeness (QED) is 0.861. The van der Waals surface area contributed by atoms with Crippen LogP contribution in [0.3, 0.4) is 0 Å². The van der Waals surface area contributed by atoms with Crippen LogP contribution < -0.4 is 4.90 Å². The van der Waals surface area contributed by atoms with Crippen LogP contribution in [-0.2, 0) is 14.6 Å². The molecular weight excluding hydrogens is 290 g/mol. The summed E-state index contributed by atoms with van der Waals surface area (Å²) in [7, 11) is -2.93. The van der Waals surface area contributed by atoms with Gasteiger partial charge in [0.05, 0.1) is 11.5 Å². The lowest BCUT2D eigenvalue weighted by molar-refractivity contribution is -0.131. The molecule has 0 saturated carbocycles. The molecular formula is C15H19NO4S. The number of sulfone groups is 1. The van der Waals surface area contributed by atoms with E-state index in [0.29, 0.717) is 6.54 Å². The average Bonchev–Trinajstić information content (AvgIpc) is 2.36. The van der Waals surface area contributed by atoms with Gasteiger partial charge >= 0.3 is 5.97 Å². The van der Waals surface area contributed by atoms with E-state index in [1.807, 2.05) is 32.0 Å². The fraction of sp³-hybridized carbons (Fsp3) is 0.400. The lowest BCUT2D eigenvalue weighted by Crippen LogP contribution is -2.47. The van der Waals surface area contributed by atoms with E-state index in [2.05, 4.69) is 4.90 Å². The number of benzene rings is 1. The van der Waals surface area contributed by atoms with Crippen molar-refractivity contribution >= 4 is 27.6 Å². The lowest BCUT2D eigenvalue weighted by Gasteiger charge is -2.35. The zero-order valence-corrected chi connectivity index (χ0v) is 12.9. The molecule has 5 nitrogen and oxygen atoms in total. The second-order valence-corrected chi connectivity index (χ2v) is 7.60. The van der Waals surface area contributed by atoms with Crippen molar-refractivity contribution in [2.75, 3.05) is 23.0 Å². The zero-order valence-electron chi connectivity index (χ0n) is 12.1. The largest absolute Gasteiger partial charge is 0.478 e. The van der Waals surface area contributed by atoms with Crippen LogP contribution in [0.2, 0.25) is 0 Å². The smallest absolute Gasteiger partial charge is 0.328 e. The molecule has 21 heavy (non-hydrogen) atoms. The summed E-state index contributed by atoms with van der Waals surface area (Å²) < 4.78 is 23.2. The van der Waals surface area contributed by atoms with Crippen molar-refractivity contribution < 1.29 is 18.3 Å². The summed E-state index contributed by atoms with van der Waals surface area (Å²) in [5, 5.41) is 8.66. The monoisotopic (exact) mass is 309 g/mol. The Morgan fingerprint density at radius 2 is 2.14 bits per heavy atom. The predicted octanol–water partition coefficient (Wildman–Crippen LogP) is 1.72. The number of hydrogen-bond donors (Lipinski definition) is 1. The minimum atomic E-state index is -2.93. The van der Waals surface area contributed by atoms with E-state index in [-0.39, 0.29) is 17.5 Å². The van der Waals surface area contributed by atoms with Gasteiger partial charge in [0, 0.05) is 24.4 Å². The minimum absolute atomic E-state index is 0.0523. The van der Waals surface area contributed by atoms with E-state index in [1.54, 1.807) is 6.08 Å². The maximum absolute atomic E-state index is 11.6. The summed E-state index contributed by atoms with van der Waals surface area (Å²) in [5.41, 5.74) is 2.78. The number of carboxylic acid groups (broad SMARTS) is 1. The molecule has 1 aromatic carbocycles. The van der Waals surface area contributed by atoms with Crippen molar-refractivity contribution in [2.24, 2.45) is 0 Å². The molecule has 1 heterocycles. The van der Waals surface area contributed by atoms with Gasteiger partial charge in [-0.3, -0.25) is 0 Å². The summed E-state index contributed by atoms with van der Waals surface area (Å²) >= 11 is 0. The standard InChI is InChI=1S/C15H19NO4S/c1-11-9-14(5-3-13(11)4-6-15(17)18)16-7-8-21(19,20)10-12(16)2/h3-6,9,12H,7-8,10H2,1-2H3,(H,17,18)/b6-4+. The Morgan fingerprint density at radius 3 is 2.71 bits per heavy atom. The molecule has 2 rings (SSSR count). The van der Waals surface area contributed by atoms with Crippen LogP contribution >= 0.6 is 0 Å². The van der Waals surface area contributed by atoms with Crippen LogP contribution in [0.25, 0.3) is 6.08 Å². The van der Waals surface area contributed by atoms with E-state index in [9.17, 15) is 13.2 Å². The Balaban J connectivity index is 2.22. The van der Waals surface area contributed by atoms with Crippen LogP contribution in [0.1, 0.15) is 18.1 Å². The predicted molar refractivity (Wildman–Crippen MR) is 83.3 cm³/mol. The van der Waals surface area contributed by atoms with E-state index < -0.39 is 15.8 Å². The van der Waals surface area contributed by atoms with Crippen LogP contribution in [0.4, 0.5) is 5.69 Å². The second kappa shape index (κ2) is 5.89. The summed E-state index contributed by atoms with van der Waals surface area (Å²) in [6, 6.07) is 5.68. The average molecular weight is 309 g/mol. The number of nitrogens with zero attached hydrogens (tertiary/aromatic N) is 1. The number of aliphatic carboxylic acids is 1. The molecule has 0 spiro atoms. The van der Waals surface area contributed by atoms with Gasteiger partial charge in [0.1, 0.15) is 0 Å². The van der Waals surface area contributed by atoms with Crippen molar-refractivity contribution in [3.05, 3.63) is 35.4 Å². The van der Waals surface area contributed by atoms with Gasteiger partial charge in [0.25, 0.3) is 0 Å². The third-order valence-corrected chi connectivity index (χ3v) is 5.46. The fourth-order valence-electron chi connectivity index (χ4n) is 2.57. The Bertz CT molecular complexity index is 679. The van der Waals surface area contributed by atoms with Crippen molar-refractivity contribution in [3.8, 4) is 0 Å². The van der Waals surface area contributed by atoms with Crippen molar-refractivity contribution in [1.29, 1.82) is 0 Å². The van der Waals surface area contributed by atoms with Crippen molar-refractivity contribution in [2.45, 2.75) is 19.9 Å². The van der Waals surface area contributed by atoms with Crippen LogP contribution in [0.5, 0.6) is 0 Å². The minimum Gasteiger partial charge on any atom is -0.478 e. The third kappa shape index (κ3) is 3.85. The van der Waals surface area contributed by atoms with E-state index in [1.165, 1.54) is 0 Å². The number of rotatable bonds is 3. The molecule has 1 aliphatic rings. The third-order valence-electron chi connectivity index (χ3n) is 3.66. The normalized spacial score (nSPS) is 21.6. The summed E-state index contributed by atoms with van der Waals surface area (Å²) in [6.45, 7) is 4.31. The van der Waals surface area contributed by atoms with E-state index in [0.717, 1.165) is 22.9 Å². The maximum atomic E-state index is 11.6. The van der Waals surface area contributed by atoms with Gasteiger partial charge in [-0.05, 0) is 43.2 Å².